The van der Waals surface area contributed by atoms with Crippen LogP contribution in [0.1, 0.15) is 46.2 Å². The van der Waals surface area contributed by atoms with E-state index in [1.807, 2.05) is 4.68 Å². The molecule has 4 heteroatoms. The molecule has 2 nitrogen and oxygen atoms in total. The molecular formula is C12H20BrClN2. The maximum absolute atomic E-state index is 6.25. The van der Waals surface area contributed by atoms with Gasteiger partial charge in [0.25, 0.3) is 0 Å². The fourth-order valence-electron chi connectivity index (χ4n) is 2.22. The SMILES string of the molecule is CCCn1ncc(Cl)c1C(C)(C)CC(C)Br. The van der Waals surface area contributed by atoms with Gasteiger partial charge in [-0.3, -0.25) is 4.68 Å². The van der Waals surface area contributed by atoms with Gasteiger partial charge < -0.3 is 0 Å². The Morgan fingerprint density at radius 1 is 1.56 bits per heavy atom. The zero-order chi connectivity index (χ0) is 12.3. The van der Waals surface area contributed by atoms with Crippen molar-refractivity contribution in [3.63, 3.8) is 0 Å². The van der Waals surface area contributed by atoms with E-state index in [-0.39, 0.29) is 5.41 Å². The van der Waals surface area contributed by atoms with E-state index in [0.29, 0.717) is 4.83 Å². The van der Waals surface area contributed by atoms with Crippen molar-refractivity contribution in [1.29, 1.82) is 0 Å². The highest BCUT2D eigenvalue weighted by Crippen LogP contribution is 2.35. The lowest BCUT2D eigenvalue weighted by Gasteiger charge is -2.27. The molecule has 1 heterocycles. The van der Waals surface area contributed by atoms with Crippen LogP contribution in [0.5, 0.6) is 0 Å². The summed E-state index contributed by atoms with van der Waals surface area (Å²) in [6.45, 7) is 9.69. The molecule has 0 aliphatic rings. The first-order chi connectivity index (χ1) is 7.38. The summed E-state index contributed by atoms with van der Waals surface area (Å²) >= 11 is 9.86. The van der Waals surface area contributed by atoms with Crippen LogP contribution in [-0.4, -0.2) is 14.6 Å². The monoisotopic (exact) mass is 306 g/mol. The van der Waals surface area contributed by atoms with Crippen LogP contribution in [0.25, 0.3) is 0 Å². The van der Waals surface area contributed by atoms with E-state index in [2.05, 4.69) is 48.7 Å². The maximum atomic E-state index is 6.25. The molecule has 0 aliphatic heterocycles. The minimum atomic E-state index is 0.0473. The molecular weight excluding hydrogens is 288 g/mol. The average molecular weight is 308 g/mol. The zero-order valence-corrected chi connectivity index (χ0v) is 12.8. The van der Waals surface area contributed by atoms with Crippen LogP contribution in [-0.2, 0) is 12.0 Å². The maximum Gasteiger partial charge on any atom is 0.0823 e. The fourth-order valence-corrected chi connectivity index (χ4v) is 3.42. The Morgan fingerprint density at radius 3 is 2.69 bits per heavy atom. The summed E-state index contributed by atoms with van der Waals surface area (Å²) in [5.74, 6) is 0. The number of nitrogens with zero attached hydrogens (tertiary/aromatic N) is 2. The van der Waals surface area contributed by atoms with E-state index in [9.17, 15) is 0 Å². The Bertz CT molecular complexity index is 345. The quantitative estimate of drug-likeness (QED) is 0.737. The Hall–Kier alpha value is -0.0200. The third-order valence-electron chi connectivity index (χ3n) is 2.66. The Labute approximate surface area is 111 Å². The topological polar surface area (TPSA) is 17.8 Å². The van der Waals surface area contributed by atoms with E-state index in [1.54, 1.807) is 6.20 Å². The zero-order valence-electron chi connectivity index (χ0n) is 10.4. The van der Waals surface area contributed by atoms with Crippen molar-refractivity contribution < 1.29 is 0 Å². The highest BCUT2D eigenvalue weighted by Gasteiger charge is 2.29. The summed E-state index contributed by atoms with van der Waals surface area (Å²) in [6, 6.07) is 0. The minimum absolute atomic E-state index is 0.0473. The van der Waals surface area contributed by atoms with Gasteiger partial charge >= 0.3 is 0 Å². The van der Waals surface area contributed by atoms with Gasteiger partial charge in [0.1, 0.15) is 0 Å². The molecule has 0 spiro atoms. The number of aryl methyl sites for hydroxylation is 1. The molecule has 1 unspecified atom stereocenters. The highest BCUT2D eigenvalue weighted by molar-refractivity contribution is 9.09. The minimum Gasteiger partial charge on any atom is -0.268 e. The molecule has 1 atom stereocenters. The van der Waals surface area contributed by atoms with E-state index in [0.717, 1.165) is 30.1 Å². The van der Waals surface area contributed by atoms with Gasteiger partial charge in [0, 0.05) is 16.8 Å². The van der Waals surface area contributed by atoms with E-state index in [4.69, 9.17) is 11.6 Å². The van der Waals surface area contributed by atoms with Crippen molar-refractivity contribution in [2.24, 2.45) is 0 Å². The predicted octanol–water partition coefficient (Wildman–Crippen LogP) is 4.40. The summed E-state index contributed by atoms with van der Waals surface area (Å²) in [4.78, 5) is 0.476. The van der Waals surface area contributed by atoms with Gasteiger partial charge in [-0.05, 0) is 12.8 Å². The molecule has 0 saturated carbocycles. The second-order valence-corrected chi connectivity index (χ2v) is 6.90. The van der Waals surface area contributed by atoms with Crippen molar-refractivity contribution in [2.45, 2.75) is 57.3 Å². The van der Waals surface area contributed by atoms with Gasteiger partial charge in [-0.2, -0.15) is 5.10 Å². The van der Waals surface area contributed by atoms with Crippen LogP contribution in [0, 0.1) is 0 Å². The van der Waals surface area contributed by atoms with Crippen LogP contribution >= 0.6 is 27.5 Å². The first-order valence-corrected chi connectivity index (χ1v) is 7.03. The molecule has 1 aromatic rings. The third-order valence-corrected chi connectivity index (χ3v) is 3.26. The van der Waals surface area contributed by atoms with Gasteiger partial charge in [0.05, 0.1) is 16.9 Å². The number of hydrogen-bond donors (Lipinski definition) is 0. The lowest BCUT2D eigenvalue weighted by Crippen LogP contribution is -2.25. The Kier molecular flexibility index (Phi) is 4.87. The molecule has 1 rings (SSSR count). The molecule has 0 fully saturated rings. The molecule has 0 amide bonds. The van der Waals surface area contributed by atoms with Crippen molar-refractivity contribution in [3.05, 3.63) is 16.9 Å². The van der Waals surface area contributed by atoms with Crippen molar-refractivity contribution in [1.82, 2.24) is 9.78 Å². The summed E-state index contributed by atoms with van der Waals surface area (Å²) in [7, 11) is 0. The van der Waals surface area contributed by atoms with Crippen LogP contribution in [0.15, 0.2) is 6.20 Å². The van der Waals surface area contributed by atoms with Gasteiger partial charge in [-0.1, -0.05) is 55.2 Å². The first-order valence-electron chi connectivity index (χ1n) is 5.74. The molecule has 16 heavy (non-hydrogen) atoms. The molecule has 1 aromatic heterocycles. The molecule has 0 aromatic carbocycles. The molecule has 0 radical (unpaired) electrons. The molecule has 0 N–H and O–H groups in total. The van der Waals surface area contributed by atoms with Gasteiger partial charge in [-0.15, -0.1) is 0 Å². The Morgan fingerprint density at radius 2 is 2.19 bits per heavy atom. The molecule has 92 valence electrons. The average Bonchev–Trinajstić information content (AvgIpc) is 2.46. The summed E-state index contributed by atoms with van der Waals surface area (Å²) in [5, 5.41) is 5.13. The number of hydrogen-bond acceptors (Lipinski definition) is 1. The number of rotatable bonds is 5. The Balaban J connectivity index is 3.04. The van der Waals surface area contributed by atoms with Gasteiger partial charge in [0.2, 0.25) is 0 Å². The van der Waals surface area contributed by atoms with Crippen LogP contribution in [0.4, 0.5) is 0 Å². The molecule has 0 bridgehead atoms. The second kappa shape index (κ2) is 5.54. The van der Waals surface area contributed by atoms with Gasteiger partial charge in [-0.25, -0.2) is 0 Å². The van der Waals surface area contributed by atoms with Crippen molar-refractivity contribution in [2.75, 3.05) is 0 Å². The summed E-state index contributed by atoms with van der Waals surface area (Å²) < 4.78 is 2.04. The van der Waals surface area contributed by atoms with Crippen LogP contribution in [0.3, 0.4) is 0 Å². The van der Waals surface area contributed by atoms with E-state index < -0.39 is 0 Å². The number of alkyl halides is 1. The molecule has 0 aliphatic carbocycles. The molecule has 0 saturated heterocycles. The van der Waals surface area contributed by atoms with Crippen molar-refractivity contribution in [3.8, 4) is 0 Å². The summed E-state index contributed by atoms with van der Waals surface area (Å²) in [5.41, 5.74) is 1.20. The van der Waals surface area contributed by atoms with E-state index in [1.165, 1.54) is 0 Å². The standard InChI is InChI=1S/C12H20BrClN2/c1-5-6-16-11(10(14)8-15-16)12(3,4)7-9(2)13/h8-9H,5-7H2,1-4H3. The normalized spacial score (nSPS) is 14.1. The second-order valence-electron chi connectivity index (χ2n) is 4.93. The smallest absolute Gasteiger partial charge is 0.0823 e. The van der Waals surface area contributed by atoms with E-state index >= 15 is 0 Å². The largest absolute Gasteiger partial charge is 0.268 e. The highest BCUT2D eigenvalue weighted by atomic mass is 79.9. The number of aromatic nitrogens is 2. The lowest BCUT2D eigenvalue weighted by molar-refractivity contribution is 0.423. The van der Waals surface area contributed by atoms with Crippen molar-refractivity contribution >= 4 is 27.5 Å². The summed E-state index contributed by atoms with van der Waals surface area (Å²) in [6.07, 6.45) is 3.88. The lowest BCUT2D eigenvalue weighted by atomic mass is 9.84. The van der Waals surface area contributed by atoms with Gasteiger partial charge in [0.15, 0.2) is 0 Å². The third kappa shape index (κ3) is 3.24. The van der Waals surface area contributed by atoms with Crippen LogP contribution < -0.4 is 0 Å². The van der Waals surface area contributed by atoms with Crippen LogP contribution in [0.2, 0.25) is 5.02 Å². The fraction of sp³-hybridized carbons (Fsp3) is 0.750. The number of halogens is 2. The first kappa shape index (κ1) is 14.0. The predicted molar refractivity (Wildman–Crippen MR) is 73.6 cm³/mol.